The number of likely N-dealkylation sites (tertiary alicyclic amines) is 2. The van der Waals surface area contributed by atoms with Crippen molar-refractivity contribution in [2.75, 3.05) is 38.0 Å². The summed E-state index contributed by atoms with van der Waals surface area (Å²) in [7, 11) is 0. The Morgan fingerprint density at radius 1 is 1.00 bits per heavy atom. The second kappa shape index (κ2) is 6.67. The highest BCUT2D eigenvalue weighted by atomic mass is 16.2. The van der Waals surface area contributed by atoms with E-state index in [9.17, 15) is 9.59 Å². The van der Waals surface area contributed by atoms with Crippen LogP contribution in [0.2, 0.25) is 0 Å². The number of nitrogens with one attached hydrogen (secondary N) is 2. The summed E-state index contributed by atoms with van der Waals surface area (Å²) in [5.74, 6) is 0.244. The molecule has 6 heteroatoms. The molecule has 25 heavy (non-hydrogen) atoms. The minimum atomic E-state index is -0.379. The van der Waals surface area contributed by atoms with E-state index in [4.69, 9.17) is 0 Å². The number of anilines is 1. The summed E-state index contributed by atoms with van der Waals surface area (Å²) in [4.78, 5) is 29.1. The number of para-hydroxylation sites is 1. The molecule has 1 spiro atoms. The molecular formula is C19H26N4O2. The van der Waals surface area contributed by atoms with Gasteiger partial charge in [-0.1, -0.05) is 12.1 Å². The molecular weight excluding hydrogens is 316 g/mol. The molecule has 0 saturated carbocycles. The first-order valence-corrected chi connectivity index (χ1v) is 9.35. The summed E-state index contributed by atoms with van der Waals surface area (Å²) in [6, 6.07) is 7.64. The molecule has 2 N–H and O–H groups in total. The van der Waals surface area contributed by atoms with Crippen LogP contribution in [-0.2, 0) is 4.79 Å². The molecule has 3 heterocycles. The number of carbonyl (C=O) groups is 2. The SMILES string of the molecule is O=C1NC2(CCN(CC(=O)N3CCCCC3)CC2)Nc2ccccc21. The summed E-state index contributed by atoms with van der Waals surface area (Å²) in [6.45, 7) is 3.95. The van der Waals surface area contributed by atoms with Crippen LogP contribution in [0.5, 0.6) is 0 Å². The zero-order valence-corrected chi connectivity index (χ0v) is 14.6. The van der Waals surface area contributed by atoms with Gasteiger partial charge >= 0.3 is 0 Å². The van der Waals surface area contributed by atoms with Crippen molar-refractivity contribution in [3.8, 4) is 0 Å². The van der Waals surface area contributed by atoms with E-state index in [2.05, 4.69) is 15.5 Å². The first-order chi connectivity index (χ1) is 12.2. The van der Waals surface area contributed by atoms with Gasteiger partial charge in [-0.15, -0.1) is 0 Å². The Morgan fingerprint density at radius 2 is 1.72 bits per heavy atom. The molecule has 2 fully saturated rings. The normalized spacial score (nSPS) is 22.9. The highest BCUT2D eigenvalue weighted by molar-refractivity contribution is 6.02. The highest BCUT2D eigenvalue weighted by Gasteiger charge is 2.40. The van der Waals surface area contributed by atoms with Crippen molar-refractivity contribution in [2.24, 2.45) is 0 Å². The number of amides is 2. The predicted molar refractivity (Wildman–Crippen MR) is 96.4 cm³/mol. The smallest absolute Gasteiger partial charge is 0.255 e. The summed E-state index contributed by atoms with van der Waals surface area (Å²) in [6.07, 6.45) is 5.11. The second-order valence-electron chi connectivity index (χ2n) is 7.42. The maximum Gasteiger partial charge on any atom is 0.255 e. The van der Waals surface area contributed by atoms with Gasteiger partial charge in [-0.25, -0.2) is 0 Å². The Balaban J connectivity index is 1.35. The summed E-state index contributed by atoms with van der Waals surface area (Å²) >= 11 is 0. The molecule has 4 rings (SSSR count). The monoisotopic (exact) mass is 342 g/mol. The Morgan fingerprint density at radius 3 is 2.48 bits per heavy atom. The molecule has 2 saturated heterocycles. The van der Waals surface area contributed by atoms with Crippen molar-refractivity contribution in [2.45, 2.75) is 37.8 Å². The zero-order chi connectivity index (χ0) is 17.3. The van der Waals surface area contributed by atoms with E-state index in [1.165, 1.54) is 6.42 Å². The van der Waals surface area contributed by atoms with Gasteiger partial charge in [0.15, 0.2) is 0 Å². The summed E-state index contributed by atoms with van der Waals surface area (Å²) < 4.78 is 0. The number of hydrogen-bond donors (Lipinski definition) is 2. The van der Waals surface area contributed by atoms with E-state index in [0.717, 1.165) is 57.5 Å². The third-order valence-corrected chi connectivity index (χ3v) is 5.68. The van der Waals surface area contributed by atoms with Crippen LogP contribution in [0.3, 0.4) is 0 Å². The van der Waals surface area contributed by atoms with Crippen LogP contribution >= 0.6 is 0 Å². The van der Waals surface area contributed by atoms with E-state index in [1.807, 2.05) is 29.2 Å². The van der Waals surface area contributed by atoms with Crippen molar-refractivity contribution in [1.82, 2.24) is 15.1 Å². The first-order valence-electron chi connectivity index (χ1n) is 9.35. The Labute approximate surface area is 148 Å². The van der Waals surface area contributed by atoms with Crippen molar-refractivity contribution >= 4 is 17.5 Å². The predicted octanol–water partition coefficient (Wildman–Crippen LogP) is 1.65. The van der Waals surface area contributed by atoms with Gasteiger partial charge in [-0.2, -0.15) is 0 Å². The largest absolute Gasteiger partial charge is 0.362 e. The van der Waals surface area contributed by atoms with Crippen molar-refractivity contribution in [3.05, 3.63) is 29.8 Å². The molecule has 1 aromatic rings. The lowest BCUT2D eigenvalue weighted by Crippen LogP contribution is -2.62. The van der Waals surface area contributed by atoms with E-state index in [-0.39, 0.29) is 17.5 Å². The van der Waals surface area contributed by atoms with Crippen LogP contribution in [-0.4, -0.2) is 60.0 Å². The number of benzene rings is 1. The molecule has 2 amide bonds. The maximum absolute atomic E-state index is 12.4. The van der Waals surface area contributed by atoms with Crippen LogP contribution in [0.25, 0.3) is 0 Å². The van der Waals surface area contributed by atoms with E-state index in [1.54, 1.807) is 0 Å². The van der Waals surface area contributed by atoms with Gasteiger partial charge in [0.25, 0.3) is 5.91 Å². The van der Waals surface area contributed by atoms with E-state index in [0.29, 0.717) is 12.1 Å². The maximum atomic E-state index is 12.4. The quantitative estimate of drug-likeness (QED) is 0.858. The number of hydrogen-bond acceptors (Lipinski definition) is 4. The van der Waals surface area contributed by atoms with Crippen molar-refractivity contribution in [1.29, 1.82) is 0 Å². The van der Waals surface area contributed by atoms with Gasteiger partial charge in [-0.3, -0.25) is 14.5 Å². The fourth-order valence-corrected chi connectivity index (χ4v) is 4.14. The number of fused-ring (bicyclic) bond motifs is 1. The molecule has 0 unspecified atom stereocenters. The van der Waals surface area contributed by atoms with Crippen LogP contribution in [0.15, 0.2) is 24.3 Å². The number of carbonyl (C=O) groups excluding carboxylic acids is 2. The molecule has 0 aliphatic carbocycles. The lowest BCUT2D eigenvalue weighted by Gasteiger charge is -2.46. The van der Waals surface area contributed by atoms with Gasteiger partial charge in [0.2, 0.25) is 5.91 Å². The standard InChI is InChI=1S/C19H26N4O2/c24-17(23-10-4-1-5-11-23)14-22-12-8-19(9-13-22)20-16-7-3-2-6-15(16)18(25)21-19/h2-3,6-7,20H,1,4-5,8-14H2,(H,21,25). The minimum absolute atomic E-state index is 0.00723. The lowest BCUT2D eigenvalue weighted by atomic mass is 9.92. The molecule has 3 aliphatic heterocycles. The second-order valence-corrected chi connectivity index (χ2v) is 7.42. The van der Waals surface area contributed by atoms with Crippen LogP contribution < -0.4 is 10.6 Å². The fourth-order valence-electron chi connectivity index (χ4n) is 4.14. The third-order valence-electron chi connectivity index (χ3n) is 5.68. The molecule has 134 valence electrons. The van der Waals surface area contributed by atoms with Gasteiger partial charge in [0, 0.05) is 44.7 Å². The van der Waals surface area contributed by atoms with Gasteiger partial charge in [0.1, 0.15) is 5.66 Å². The van der Waals surface area contributed by atoms with Gasteiger partial charge < -0.3 is 15.5 Å². The molecule has 3 aliphatic rings. The topological polar surface area (TPSA) is 64.7 Å². The third kappa shape index (κ3) is 3.35. The summed E-state index contributed by atoms with van der Waals surface area (Å²) in [5, 5.41) is 6.68. The van der Waals surface area contributed by atoms with Gasteiger partial charge in [-0.05, 0) is 31.4 Å². The number of nitrogens with zero attached hydrogens (tertiary/aromatic N) is 2. The number of rotatable bonds is 2. The Kier molecular flexibility index (Phi) is 4.37. The average Bonchev–Trinajstić information content (AvgIpc) is 2.64. The molecule has 0 bridgehead atoms. The lowest BCUT2D eigenvalue weighted by molar-refractivity contribution is -0.133. The summed E-state index contributed by atoms with van der Waals surface area (Å²) in [5.41, 5.74) is 1.23. The van der Waals surface area contributed by atoms with Gasteiger partial charge in [0.05, 0.1) is 12.1 Å². The van der Waals surface area contributed by atoms with Crippen molar-refractivity contribution in [3.63, 3.8) is 0 Å². The first kappa shape index (κ1) is 16.4. The van der Waals surface area contributed by atoms with Crippen molar-refractivity contribution < 1.29 is 9.59 Å². The van der Waals surface area contributed by atoms with Crippen LogP contribution in [0.4, 0.5) is 5.69 Å². The van der Waals surface area contributed by atoms with E-state index >= 15 is 0 Å². The molecule has 0 radical (unpaired) electrons. The number of piperidine rings is 2. The van der Waals surface area contributed by atoms with E-state index < -0.39 is 0 Å². The molecule has 0 atom stereocenters. The minimum Gasteiger partial charge on any atom is -0.362 e. The molecule has 1 aromatic carbocycles. The fraction of sp³-hybridized carbons (Fsp3) is 0.579. The Bertz CT molecular complexity index is 661. The van der Waals surface area contributed by atoms with Crippen LogP contribution in [0.1, 0.15) is 42.5 Å². The van der Waals surface area contributed by atoms with Crippen LogP contribution in [0, 0.1) is 0 Å². The molecule has 6 nitrogen and oxygen atoms in total. The Hall–Kier alpha value is -2.08. The highest BCUT2D eigenvalue weighted by Crippen LogP contribution is 2.31. The average molecular weight is 342 g/mol. The zero-order valence-electron chi connectivity index (χ0n) is 14.6. The molecule has 0 aromatic heterocycles.